The van der Waals surface area contributed by atoms with Crippen LogP contribution in [-0.2, 0) is 5.41 Å². The van der Waals surface area contributed by atoms with Gasteiger partial charge in [-0.05, 0) is 45.2 Å². The third-order valence-electron chi connectivity index (χ3n) is 4.22. The summed E-state index contributed by atoms with van der Waals surface area (Å²) in [5, 5.41) is 12.4. The van der Waals surface area contributed by atoms with E-state index < -0.39 is 6.10 Å². The molecule has 0 heterocycles. The molecule has 1 unspecified atom stereocenters. The largest absolute Gasteiger partial charge is 0.392 e. The van der Waals surface area contributed by atoms with Gasteiger partial charge in [0, 0.05) is 24.5 Å². The van der Waals surface area contributed by atoms with Gasteiger partial charge in [-0.2, -0.15) is 0 Å². The van der Waals surface area contributed by atoms with E-state index in [-0.39, 0.29) is 29.8 Å². The molecular weight excluding hydrogens is 283 g/mol. The molecule has 0 bridgehead atoms. The van der Waals surface area contributed by atoms with Crippen LogP contribution in [0.4, 0.5) is 9.18 Å². The van der Waals surface area contributed by atoms with Crippen molar-refractivity contribution in [3.8, 4) is 0 Å². The average Bonchev–Trinajstić information content (AvgIpc) is 3.23. The third-order valence-corrected chi connectivity index (χ3v) is 4.22. The Labute approximate surface area is 131 Å². The molecule has 122 valence electrons. The number of hydrogen-bond donors (Lipinski definition) is 2. The normalized spacial score (nSPS) is 17.2. The minimum Gasteiger partial charge on any atom is -0.392 e. The molecule has 2 amide bonds. The van der Waals surface area contributed by atoms with Crippen LogP contribution < -0.4 is 5.32 Å². The number of aliphatic hydroxyl groups is 1. The lowest BCUT2D eigenvalue weighted by molar-refractivity contribution is 0.118. The quantitative estimate of drug-likeness (QED) is 0.849. The monoisotopic (exact) mass is 308 g/mol. The van der Waals surface area contributed by atoms with E-state index in [1.54, 1.807) is 24.0 Å². The standard InChI is InChI=1S/C17H25FN2O2/c1-12(2)20(10-13(3)21)16(22)19-11-17(8-9-17)14-6-4-5-7-15(14)18/h4-7,12-13,21H,8-11H2,1-3H3,(H,19,22). The van der Waals surface area contributed by atoms with Crippen LogP contribution in [0.1, 0.15) is 39.2 Å². The van der Waals surface area contributed by atoms with Crippen LogP contribution in [0.15, 0.2) is 24.3 Å². The number of carbonyl (C=O) groups excluding carboxylic acids is 1. The highest BCUT2D eigenvalue weighted by molar-refractivity contribution is 5.74. The van der Waals surface area contributed by atoms with Gasteiger partial charge in [-0.15, -0.1) is 0 Å². The fourth-order valence-electron chi connectivity index (χ4n) is 2.74. The summed E-state index contributed by atoms with van der Waals surface area (Å²) in [6, 6.07) is 6.55. The molecule has 2 rings (SSSR count). The summed E-state index contributed by atoms with van der Waals surface area (Å²) >= 11 is 0. The molecule has 22 heavy (non-hydrogen) atoms. The Kier molecular flexibility index (Phi) is 5.06. The van der Waals surface area contributed by atoms with Crippen LogP contribution in [0.2, 0.25) is 0 Å². The van der Waals surface area contributed by atoms with Gasteiger partial charge < -0.3 is 15.3 Å². The highest BCUT2D eigenvalue weighted by Gasteiger charge is 2.46. The minimum atomic E-state index is -0.574. The molecule has 1 saturated carbocycles. The zero-order chi connectivity index (χ0) is 16.3. The Balaban J connectivity index is 2.00. The van der Waals surface area contributed by atoms with Crippen molar-refractivity contribution < 1.29 is 14.3 Å². The highest BCUT2D eigenvalue weighted by Crippen LogP contribution is 2.48. The number of amides is 2. The summed E-state index contributed by atoms with van der Waals surface area (Å²) in [5.41, 5.74) is 0.413. The Hall–Kier alpha value is -1.62. The van der Waals surface area contributed by atoms with Gasteiger partial charge >= 0.3 is 6.03 Å². The van der Waals surface area contributed by atoms with Crippen LogP contribution in [0.25, 0.3) is 0 Å². The number of nitrogens with one attached hydrogen (secondary N) is 1. The first kappa shape index (κ1) is 16.7. The van der Waals surface area contributed by atoms with E-state index in [1.807, 2.05) is 19.9 Å². The Morgan fingerprint density at radius 1 is 1.36 bits per heavy atom. The molecule has 0 radical (unpaired) electrons. The van der Waals surface area contributed by atoms with Gasteiger partial charge in [0.05, 0.1) is 6.10 Å². The number of rotatable bonds is 6. The first-order valence-electron chi connectivity index (χ1n) is 7.83. The van der Waals surface area contributed by atoms with E-state index in [4.69, 9.17) is 0 Å². The molecule has 1 aromatic rings. The smallest absolute Gasteiger partial charge is 0.317 e. The minimum absolute atomic E-state index is 0.00165. The van der Waals surface area contributed by atoms with Gasteiger partial charge in [0.2, 0.25) is 0 Å². The van der Waals surface area contributed by atoms with Crippen molar-refractivity contribution in [3.05, 3.63) is 35.6 Å². The fraction of sp³-hybridized carbons (Fsp3) is 0.588. The molecule has 1 fully saturated rings. The summed E-state index contributed by atoms with van der Waals surface area (Å²) in [4.78, 5) is 13.9. The predicted octanol–water partition coefficient (Wildman–Crippen LogP) is 2.66. The van der Waals surface area contributed by atoms with Crippen LogP contribution in [0.5, 0.6) is 0 Å². The number of urea groups is 1. The van der Waals surface area contributed by atoms with Crippen molar-refractivity contribution in [1.82, 2.24) is 10.2 Å². The SMILES string of the molecule is CC(O)CN(C(=O)NCC1(c2ccccc2F)CC1)C(C)C. The van der Waals surface area contributed by atoms with Gasteiger partial charge in [0.15, 0.2) is 0 Å². The number of nitrogens with zero attached hydrogens (tertiary/aromatic N) is 1. The first-order chi connectivity index (χ1) is 10.4. The Morgan fingerprint density at radius 3 is 2.50 bits per heavy atom. The lowest BCUT2D eigenvalue weighted by Gasteiger charge is -2.29. The van der Waals surface area contributed by atoms with E-state index in [0.717, 1.165) is 12.8 Å². The van der Waals surface area contributed by atoms with Gasteiger partial charge in [0.1, 0.15) is 5.82 Å². The van der Waals surface area contributed by atoms with Crippen molar-refractivity contribution in [1.29, 1.82) is 0 Å². The zero-order valence-electron chi connectivity index (χ0n) is 13.5. The van der Waals surface area contributed by atoms with Crippen LogP contribution >= 0.6 is 0 Å². The van der Waals surface area contributed by atoms with Gasteiger partial charge in [-0.1, -0.05) is 18.2 Å². The molecule has 0 saturated heterocycles. The second-order valence-electron chi connectivity index (χ2n) is 6.51. The summed E-state index contributed by atoms with van der Waals surface area (Å²) < 4.78 is 14.0. The second-order valence-corrected chi connectivity index (χ2v) is 6.51. The predicted molar refractivity (Wildman–Crippen MR) is 84.2 cm³/mol. The summed E-state index contributed by atoms with van der Waals surface area (Å²) in [6.07, 6.45) is 1.19. The molecule has 1 aliphatic rings. The fourth-order valence-corrected chi connectivity index (χ4v) is 2.74. The number of hydrogen-bond acceptors (Lipinski definition) is 2. The second kappa shape index (κ2) is 6.65. The van der Waals surface area contributed by atoms with Crippen molar-refractivity contribution >= 4 is 6.03 Å². The molecule has 1 atom stereocenters. The zero-order valence-corrected chi connectivity index (χ0v) is 13.5. The highest BCUT2D eigenvalue weighted by atomic mass is 19.1. The topological polar surface area (TPSA) is 52.6 Å². The Morgan fingerprint density at radius 2 is 2.00 bits per heavy atom. The Bertz CT molecular complexity index is 527. The number of halogens is 1. The molecule has 0 spiro atoms. The first-order valence-corrected chi connectivity index (χ1v) is 7.83. The van der Waals surface area contributed by atoms with Crippen molar-refractivity contribution in [2.45, 2.75) is 51.2 Å². The van der Waals surface area contributed by atoms with Gasteiger partial charge in [0.25, 0.3) is 0 Å². The molecule has 4 nitrogen and oxygen atoms in total. The molecule has 1 aromatic carbocycles. The molecule has 2 N–H and O–H groups in total. The lowest BCUT2D eigenvalue weighted by atomic mass is 9.95. The van der Waals surface area contributed by atoms with Crippen LogP contribution in [0.3, 0.4) is 0 Å². The van der Waals surface area contributed by atoms with Crippen molar-refractivity contribution in [3.63, 3.8) is 0 Å². The van der Waals surface area contributed by atoms with Crippen LogP contribution in [0, 0.1) is 5.82 Å². The molecule has 0 aromatic heterocycles. The molecule has 1 aliphatic carbocycles. The summed E-state index contributed by atoms with van der Waals surface area (Å²) in [6.45, 7) is 6.19. The molecule has 0 aliphatic heterocycles. The van der Waals surface area contributed by atoms with Gasteiger partial charge in [-0.3, -0.25) is 0 Å². The van der Waals surface area contributed by atoms with E-state index in [0.29, 0.717) is 12.1 Å². The van der Waals surface area contributed by atoms with Crippen LogP contribution in [-0.4, -0.2) is 41.3 Å². The van der Waals surface area contributed by atoms with Crippen molar-refractivity contribution in [2.75, 3.05) is 13.1 Å². The maximum atomic E-state index is 14.0. The summed E-state index contributed by atoms with van der Waals surface area (Å²) in [7, 11) is 0. The number of carbonyl (C=O) groups is 1. The molecule has 5 heteroatoms. The number of aliphatic hydroxyl groups excluding tert-OH is 1. The van der Waals surface area contributed by atoms with Gasteiger partial charge in [-0.25, -0.2) is 9.18 Å². The molecular formula is C17H25FN2O2. The van der Waals surface area contributed by atoms with E-state index in [9.17, 15) is 14.3 Å². The third kappa shape index (κ3) is 3.77. The van der Waals surface area contributed by atoms with Crippen molar-refractivity contribution in [2.24, 2.45) is 0 Å². The maximum absolute atomic E-state index is 14.0. The van der Waals surface area contributed by atoms with E-state index in [2.05, 4.69) is 5.32 Å². The lowest BCUT2D eigenvalue weighted by Crippen LogP contribution is -2.48. The average molecular weight is 308 g/mol. The summed E-state index contributed by atoms with van der Waals surface area (Å²) in [5.74, 6) is -0.209. The number of benzene rings is 1. The van der Waals surface area contributed by atoms with E-state index in [1.165, 1.54) is 6.07 Å². The van der Waals surface area contributed by atoms with E-state index >= 15 is 0 Å². The maximum Gasteiger partial charge on any atom is 0.317 e.